The number of nitrogens with two attached hydrogens (primary N) is 2. The fourth-order valence-electron chi connectivity index (χ4n) is 4.46. The molecule has 2 aromatic carbocycles. The van der Waals surface area contributed by atoms with E-state index < -0.39 is 41.8 Å². The van der Waals surface area contributed by atoms with Crippen molar-refractivity contribution in [2.24, 2.45) is 11.5 Å². The number of para-hydroxylation sites is 2. The molecule has 3 atom stereocenters. The minimum Gasteiger partial charge on any atom is -0.480 e. The fourth-order valence-corrected chi connectivity index (χ4v) is 4.46. The number of H-pyrrole nitrogens is 2. The van der Waals surface area contributed by atoms with Crippen LogP contribution in [-0.2, 0) is 32.0 Å². The first-order chi connectivity index (χ1) is 18.2. The minimum atomic E-state index is -1.27. The molecule has 11 nitrogen and oxygen atoms in total. The summed E-state index contributed by atoms with van der Waals surface area (Å²) in [5.74, 6) is -3.25. The predicted molar refractivity (Wildman–Crippen MR) is 142 cm³/mol. The van der Waals surface area contributed by atoms with Gasteiger partial charge in [-0.1, -0.05) is 36.4 Å². The number of primary amides is 1. The number of carbonyl (C=O) groups is 4. The van der Waals surface area contributed by atoms with Crippen LogP contribution in [0.1, 0.15) is 24.0 Å². The third kappa shape index (κ3) is 6.19. The molecule has 0 saturated carbocycles. The molecule has 4 aromatic rings. The quantitative estimate of drug-likeness (QED) is 0.146. The van der Waals surface area contributed by atoms with Crippen LogP contribution in [0.5, 0.6) is 0 Å². The second-order valence-electron chi connectivity index (χ2n) is 9.20. The first-order valence-electron chi connectivity index (χ1n) is 12.2. The molecule has 2 heterocycles. The highest BCUT2D eigenvalue weighted by Gasteiger charge is 2.29. The first kappa shape index (κ1) is 26.4. The van der Waals surface area contributed by atoms with E-state index in [4.69, 9.17) is 11.5 Å². The highest BCUT2D eigenvalue weighted by atomic mass is 16.4. The van der Waals surface area contributed by atoms with Gasteiger partial charge in [-0.3, -0.25) is 14.4 Å². The van der Waals surface area contributed by atoms with Crippen LogP contribution >= 0.6 is 0 Å². The molecule has 0 radical (unpaired) electrons. The highest BCUT2D eigenvalue weighted by molar-refractivity contribution is 5.93. The summed E-state index contributed by atoms with van der Waals surface area (Å²) in [5, 5.41) is 16.6. The van der Waals surface area contributed by atoms with Crippen molar-refractivity contribution in [3.8, 4) is 0 Å². The summed E-state index contributed by atoms with van der Waals surface area (Å²) < 4.78 is 0. The molecular formula is C27H30N6O5. The Morgan fingerprint density at radius 2 is 1.32 bits per heavy atom. The summed E-state index contributed by atoms with van der Waals surface area (Å²) in [6.07, 6.45) is 3.41. The molecular weight excluding hydrogens is 488 g/mol. The molecule has 0 fully saturated rings. The summed E-state index contributed by atoms with van der Waals surface area (Å²) in [7, 11) is 0. The maximum atomic E-state index is 13.1. The van der Waals surface area contributed by atoms with Gasteiger partial charge in [-0.25, -0.2) is 4.79 Å². The Hall–Kier alpha value is -4.64. The maximum absolute atomic E-state index is 13.1. The Labute approximate surface area is 218 Å². The second kappa shape index (κ2) is 11.6. The zero-order chi connectivity index (χ0) is 27.2. The fraction of sp³-hybridized carbons (Fsp3) is 0.259. The third-order valence-corrected chi connectivity index (χ3v) is 6.48. The largest absolute Gasteiger partial charge is 0.480 e. The molecule has 3 amide bonds. The van der Waals surface area contributed by atoms with Crippen molar-refractivity contribution >= 4 is 45.5 Å². The van der Waals surface area contributed by atoms with Crippen molar-refractivity contribution in [3.63, 3.8) is 0 Å². The van der Waals surface area contributed by atoms with E-state index in [1.165, 1.54) is 0 Å². The minimum absolute atomic E-state index is 0.0155. The Balaban J connectivity index is 1.45. The lowest BCUT2D eigenvalue weighted by Crippen LogP contribution is -2.55. The van der Waals surface area contributed by atoms with Crippen LogP contribution in [0.15, 0.2) is 60.9 Å². The number of aromatic nitrogens is 2. The molecule has 0 saturated heterocycles. The van der Waals surface area contributed by atoms with Crippen molar-refractivity contribution in [2.45, 2.75) is 43.8 Å². The number of amides is 3. The van der Waals surface area contributed by atoms with Crippen molar-refractivity contribution < 1.29 is 24.3 Å². The number of hydrogen-bond donors (Lipinski definition) is 7. The number of fused-ring (bicyclic) bond motifs is 2. The van der Waals surface area contributed by atoms with Gasteiger partial charge in [-0.05, 0) is 36.1 Å². The van der Waals surface area contributed by atoms with Gasteiger partial charge in [-0.2, -0.15) is 0 Å². The van der Waals surface area contributed by atoms with Crippen LogP contribution in [0.25, 0.3) is 21.8 Å². The molecule has 0 aliphatic rings. The van der Waals surface area contributed by atoms with Gasteiger partial charge in [-0.15, -0.1) is 0 Å². The summed E-state index contributed by atoms with van der Waals surface area (Å²) in [4.78, 5) is 55.6. The van der Waals surface area contributed by atoms with Crippen LogP contribution in [0.3, 0.4) is 0 Å². The second-order valence-corrected chi connectivity index (χ2v) is 9.20. The van der Waals surface area contributed by atoms with Gasteiger partial charge in [0.25, 0.3) is 0 Å². The molecule has 11 heteroatoms. The van der Waals surface area contributed by atoms with E-state index in [9.17, 15) is 24.3 Å². The zero-order valence-corrected chi connectivity index (χ0v) is 20.6. The van der Waals surface area contributed by atoms with E-state index in [0.29, 0.717) is 5.56 Å². The van der Waals surface area contributed by atoms with Crippen molar-refractivity contribution in [2.75, 3.05) is 0 Å². The molecule has 38 heavy (non-hydrogen) atoms. The Morgan fingerprint density at radius 1 is 0.789 bits per heavy atom. The van der Waals surface area contributed by atoms with Crippen LogP contribution in [-0.4, -0.2) is 56.9 Å². The predicted octanol–water partition coefficient (Wildman–Crippen LogP) is 1.08. The maximum Gasteiger partial charge on any atom is 0.326 e. The van der Waals surface area contributed by atoms with Gasteiger partial charge in [0.15, 0.2) is 0 Å². The van der Waals surface area contributed by atoms with Gasteiger partial charge < -0.3 is 37.2 Å². The van der Waals surface area contributed by atoms with E-state index in [-0.39, 0.29) is 25.7 Å². The molecule has 0 aliphatic heterocycles. The topological polar surface area (TPSA) is 196 Å². The summed E-state index contributed by atoms with van der Waals surface area (Å²) in [6, 6.07) is 11.5. The number of aliphatic carboxylic acids is 1. The van der Waals surface area contributed by atoms with E-state index >= 15 is 0 Å². The Kier molecular flexibility index (Phi) is 8.07. The molecule has 4 rings (SSSR count). The summed E-state index contributed by atoms with van der Waals surface area (Å²) >= 11 is 0. The molecule has 0 aliphatic carbocycles. The van der Waals surface area contributed by atoms with E-state index in [2.05, 4.69) is 20.6 Å². The number of aromatic amines is 2. The SMILES string of the molecule is NC(=O)CC[C@H](NC(=O)[C@@H](N)Cc1c[nH]c2ccccc12)C(=O)N[C@@H](Cc1c[nH]c2ccccc12)C(=O)O. The van der Waals surface area contributed by atoms with Gasteiger partial charge >= 0.3 is 5.97 Å². The molecule has 0 spiro atoms. The molecule has 0 bridgehead atoms. The first-order valence-corrected chi connectivity index (χ1v) is 12.2. The molecule has 0 unspecified atom stereocenters. The summed E-state index contributed by atoms with van der Waals surface area (Å²) in [6.45, 7) is 0. The highest BCUT2D eigenvalue weighted by Crippen LogP contribution is 2.20. The molecule has 9 N–H and O–H groups in total. The number of carboxylic acid groups (broad SMARTS) is 1. The van der Waals surface area contributed by atoms with E-state index in [0.717, 1.165) is 27.4 Å². The van der Waals surface area contributed by atoms with Crippen molar-refractivity contribution in [3.05, 3.63) is 72.1 Å². The van der Waals surface area contributed by atoms with Gasteiger partial charge in [0.1, 0.15) is 12.1 Å². The number of carbonyl (C=O) groups excluding carboxylic acids is 3. The molecule has 198 valence electrons. The summed E-state index contributed by atoms with van der Waals surface area (Å²) in [5.41, 5.74) is 14.7. The lowest BCUT2D eigenvalue weighted by atomic mass is 10.0. The number of hydrogen-bond acceptors (Lipinski definition) is 5. The standard InChI is InChI=1S/C27H30N6O5/c28-19(11-15-13-30-20-7-3-1-5-17(15)20)25(35)32-22(9-10-24(29)34)26(36)33-23(27(37)38)12-16-14-31-21-8-4-2-6-18(16)21/h1-8,13-14,19,22-23,30-31H,9-12,28H2,(H2,29,34)(H,32,35)(H,33,36)(H,37,38)/t19-,22-,23-/m0/s1. The van der Waals surface area contributed by atoms with E-state index in [1.54, 1.807) is 12.4 Å². The average Bonchev–Trinajstić information content (AvgIpc) is 3.50. The van der Waals surface area contributed by atoms with Crippen molar-refractivity contribution in [1.82, 2.24) is 20.6 Å². The molecule has 2 aromatic heterocycles. The Bertz CT molecular complexity index is 1470. The number of rotatable bonds is 12. The smallest absolute Gasteiger partial charge is 0.326 e. The van der Waals surface area contributed by atoms with Crippen molar-refractivity contribution in [1.29, 1.82) is 0 Å². The van der Waals surface area contributed by atoms with Gasteiger partial charge in [0.2, 0.25) is 17.7 Å². The van der Waals surface area contributed by atoms with Crippen LogP contribution in [0.4, 0.5) is 0 Å². The van der Waals surface area contributed by atoms with Gasteiger partial charge in [0, 0.05) is 47.0 Å². The third-order valence-electron chi connectivity index (χ3n) is 6.48. The lowest BCUT2D eigenvalue weighted by Gasteiger charge is -2.22. The van der Waals surface area contributed by atoms with Crippen LogP contribution in [0, 0.1) is 0 Å². The van der Waals surface area contributed by atoms with E-state index in [1.807, 2.05) is 48.5 Å². The average molecular weight is 519 g/mol. The lowest BCUT2D eigenvalue weighted by molar-refractivity contribution is -0.142. The zero-order valence-electron chi connectivity index (χ0n) is 20.6. The van der Waals surface area contributed by atoms with Crippen LogP contribution < -0.4 is 22.1 Å². The van der Waals surface area contributed by atoms with Gasteiger partial charge in [0.05, 0.1) is 6.04 Å². The van der Waals surface area contributed by atoms with Crippen LogP contribution in [0.2, 0.25) is 0 Å². The number of nitrogens with one attached hydrogen (secondary N) is 4. The monoisotopic (exact) mass is 518 g/mol. The number of benzene rings is 2. The number of carboxylic acids is 1. The normalized spacial score (nSPS) is 13.6. The Morgan fingerprint density at radius 3 is 1.87 bits per heavy atom.